The van der Waals surface area contributed by atoms with E-state index in [4.69, 9.17) is 0 Å². The van der Waals surface area contributed by atoms with Crippen LogP contribution in [0.25, 0.3) is 94.1 Å². The van der Waals surface area contributed by atoms with Gasteiger partial charge in [-0.15, -0.1) is 0 Å². The summed E-state index contributed by atoms with van der Waals surface area (Å²) in [6.45, 7) is 0. The highest BCUT2D eigenvalue weighted by Crippen LogP contribution is 2.45. The third-order valence-electron chi connectivity index (χ3n) is 10.1. The number of fused-ring (bicyclic) bond motifs is 8. The standard InChI is InChI=1S/C47H31N/c1-3-14-35(15-4-1)48-44-22-6-2-5-17-38(44)39-28-26-34(30-45(39)48)47-42-20-11-9-18-40(42)46(41-19-10-12-21-43(41)47)33-25-27-37-32(29-33)24-23-31-13-7-8-16-36(31)37/h1,3-30H,2H2. The third kappa shape index (κ3) is 4.04. The summed E-state index contributed by atoms with van der Waals surface area (Å²) in [5.41, 5.74) is 9.95. The van der Waals surface area contributed by atoms with Crippen molar-refractivity contribution in [3.8, 4) is 27.9 Å². The van der Waals surface area contributed by atoms with Gasteiger partial charge < -0.3 is 4.57 Å². The van der Waals surface area contributed by atoms with Crippen molar-refractivity contribution >= 4 is 66.1 Å². The zero-order chi connectivity index (χ0) is 31.6. The number of nitrogens with zero attached hydrogens (tertiary/aromatic N) is 1. The molecule has 1 nitrogen and oxygen atoms in total. The van der Waals surface area contributed by atoms with Crippen molar-refractivity contribution in [3.63, 3.8) is 0 Å². The highest BCUT2D eigenvalue weighted by molar-refractivity contribution is 6.22. The van der Waals surface area contributed by atoms with Crippen molar-refractivity contribution < 1.29 is 0 Å². The molecule has 9 aromatic rings. The predicted molar refractivity (Wildman–Crippen MR) is 207 cm³/mol. The van der Waals surface area contributed by atoms with E-state index in [1.54, 1.807) is 0 Å². The van der Waals surface area contributed by atoms with Gasteiger partial charge >= 0.3 is 0 Å². The number of rotatable bonds is 3. The Labute approximate surface area is 279 Å². The molecule has 1 heterocycles. The van der Waals surface area contributed by atoms with Crippen LogP contribution in [0.5, 0.6) is 0 Å². The van der Waals surface area contributed by atoms with Crippen LogP contribution in [0.4, 0.5) is 0 Å². The molecule has 0 bridgehead atoms. The zero-order valence-corrected chi connectivity index (χ0v) is 26.4. The maximum atomic E-state index is 2.43. The van der Waals surface area contributed by atoms with Crippen molar-refractivity contribution in [1.29, 1.82) is 0 Å². The van der Waals surface area contributed by atoms with Gasteiger partial charge in [0.25, 0.3) is 0 Å². The molecule has 0 saturated carbocycles. The molecular formula is C47H31N. The van der Waals surface area contributed by atoms with Crippen LogP contribution in [0.2, 0.25) is 0 Å². The molecule has 1 aliphatic rings. The first-order valence-electron chi connectivity index (χ1n) is 16.8. The smallest absolute Gasteiger partial charge is 0.0547 e. The van der Waals surface area contributed by atoms with E-state index in [1.165, 1.54) is 93.2 Å². The molecule has 0 atom stereocenters. The average molecular weight is 610 g/mol. The minimum Gasteiger partial charge on any atom is -0.309 e. The summed E-state index contributed by atoms with van der Waals surface area (Å²) < 4.78 is 2.43. The SMILES string of the molecule is C1=Cc2c(n(-c3ccccc3)c3cc(-c4c5ccccc5c(-c5ccc6c(ccc7ccccc76)c5)c5ccccc45)ccc23)C=CC1. The summed E-state index contributed by atoms with van der Waals surface area (Å²) in [6.07, 6.45) is 10.1. The maximum absolute atomic E-state index is 2.43. The number of allylic oxidation sites excluding steroid dienone is 2. The molecule has 0 radical (unpaired) electrons. The number of hydrogen-bond donors (Lipinski definition) is 0. The van der Waals surface area contributed by atoms with Crippen LogP contribution < -0.4 is 0 Å². The fourth-order valence-corrected chi connectivity index (χ4v) is 8.05. The summed E-state index contributed by atoms with van der Waals surface area (Å²) in [7, 11) is 0. The van der Waals surface area contributed by atoms with Gasteiger partial charge in [-0.3, -0.25) is 0 Å². The molecule has 8 aromatic carbocycles. The Balaban J connectivity index is 1.26. The molecule has 0 amide bonds. The van der Waals surface area contributed by atoms with Crippen LogP contribution in [-0.4, -0.2) is 4.57 Å². The fourth-order valence-electron chi connectivity index (χ4n) is 8.05. The van der Waals surface area contributed by atoms with Gasteiger partial charge in [-0.1, -0.05) is 146 Å². The summed E-state index contributed by atoms with van der Waals surface area (Å²) in [5, 5.41) is 11.5. The van der Waals surface area contributed by atoms with Gasteiger partial charge in [0, 0.05) is 16.6 Å². The Hall–Kier alpha value is -6.18. The molecule has 0 saturated heterocycles. The van der Waals surface area contributed by atoms with Gasteiger partial charge in [-0.25, -0.2) is 0 Å². The molecule has 10 rings (SSSR count). The van der Waals surface area contributed by atoms with Gasteiger partial charge in [-0.05, 0) is 102 Å². The molecule has 48 heavy (non-hydrogen) atoms. The second kappa shape index (κ2) is 10.7. The van der Waals surface area contributed by atoms with E-state index >= 15 is 0 Å². The number of benzene rings is 8. The average Bonchev–Trinajstić information content (AvgIpc) is 3.26. The molecule has 1 aliphatic carbocycles. The fraction of sp³-hybridized carbons (Fsp3) is 0.0213. The second-order valence-electron chi connectivity index (χ2n) is 12.8. The summed E-state index contributed by atoms with van der Waals surface area (Å²) in [5.74, 6) is 0. The predicted octanol–water partition coefficient (Wildman–Crippen LogP) is 13.0. The number of para-hydroxylation sites is 1. The first kappa shape index (κ1) is 27.0. The van der Waals surface area contributed by atoms with Gasteiger partial charge in [0.1, 0.15) is 0 Å². The Morgan fingerprint density at radius 2 is 0.938 bits per heavy atom. The van der Waals surface area contributed by atoms with E-state index in [1.807, 2.05) is 0 Å². The van der Waals surface area contributed by atoms with Gasteiger partial charge in [0.15, 0.2) is 0 Å². The highest BCUT2D eigenvalue weighted by Gasteiger charge is 2.20. The summed E-state index contributed by atoms with van der Waals surface area (Å²) >= 11 is 0. The first-order chi connectivity index (χ1) is 23.8. The topological polar surface area (TPSA) is 4.93 Å². The van der Waals surface area contributed by atoms with Crippen molar-refractivity contribution in [2.24, 2.45) is 0 Å². The quantitative estimate of drug-likeness (QED) is 0.139. The lowest BCUT2D eigenvalue weighted by Crippen LogP contribution is -1.97. The molecule has 224 valence electrons. The monoisotopic (exact) mass is 609 g/mol. The first-order valence-corrected chi connectivity index (χ1v) is 16.8. The normalized spacial score (nSPS) is 12.8. The Morgan fingerprint density at radius 1 is 0.396 bits per heavy atom. The molecule has 0 fully saturated rings. The van der Waals surface area contributed by atoms with Gasteiger partial charge in [-0.2, -0.15) is 0 Å². The lowest BCUT2D eigenvalue weighted by atomic mass is 9.85. The van der Waals surface area contributed by atoms with E-state index in [0.29, 0.717) is 0 Å². The Kier molecular flexibility index (Phi) is 6.01. The number of aromatic nitrogens is 1. The Morgan fingerprint density at radius 3 is 1.65 bits per heavy atom. The highest BCUT2D eigenvalue weighted by atomic mass is 15.0. The third-order valence-corrected chi connectivity index (χ3v) is 10.1. The minimum absolute atomic E-state index is 0.946. The molecule has 1 heteroatoms. The van der Waals surface area contributed by atoms with Gasteiger partial charge in [0.2, 0.25) is 0 Å². The van der Waals surface area contributed by atoms with Crippen molar-refractivity contribution in [2.45, 2.75) is 6.42 Å². The molecule has 0 unspecified atom stereocenters. The lowest BCUT2D eigenvalue weighted by molar-refractivity contribution is 1.11. The summed E-state index contributed by atoms with van der Waals surface area (Å²) in [6, 6.07) is 55.9. The van der Waals surface area contributed by atoms with Crippen molar-refractivity contribution in [3.05, 3.63) is 175 Å². The molecular weight excluding hydrogens is 579 g/mol. The summed E-state index contributed by atoms with van der Waals surface area (Å²) in [4.78, 5) is 0. The molecule has 1 aromatic heterocycles. The zero-order valence-electron chi connectivity index (χ0n) is 26.4. The molecule has 0 N–H and O–H groups in total. The van der Waals surface area contributed by atoms with E-state index in [9.17, 15) is 0 Å². The molecule has 0 spiro atoms. The lowest BCUT2D eigenvalue weighted by Gasteiger charge is -2.18. The van der Waals surface area contributed by atoms with Crippen LogP contribution in [-0.2, 0) is 0 Å². The van der Waals surface area contributed by atoms with E-state index in [-0.39, 0.29) is 0 Å². The van der Waals surface area contributed by atoms with Crippen molar-refractivity contribution in [1.82, 2.24) is 4.57 Å². The van der Waals surface area contributed by atoms with Crippen molar-refractivity contribution in [2.75, 3.05) is 0 Å². The molecule has 0 aliphatic heterocycles. The number of hydrogen-bond acceptors (Lipinski definition) is 0. The van der Waals surface area contributed by atoms with E-state index in [2.05, 4.69) is 181 Å². The largest absolute Gasteiger partial charge is 0.309 e. The van der Waals surface area contributed by atoms with E-state index < -0.39 is 0 Å². The second-order valence-corrected chi connectivity index (χ2v) is 12.8. The van der Waals surface area contributed by atoms with Crippen LogP contribution in [0, 0.1) is 0 Å². The van der Waals surface area contributed by atoms with Gasteiger partial charge in [0.05, 0.1) is 11.2 Å². The van der Waals surface area contributed by atoms with Crippen LogP contribution in [0.3, 0.4) is 0 Å². The Bertz CT molecular complexity index is 2740. The minimum atomic E-state index is 0.946. The maximum Gasteiger partial charge on any atom is 0.0547 e. The van der Waals surface area contributed by atoms with Crippen LogP contribution in [0.1, 0.15) is 17.7 Å². The van der Waals surface area contributed by atoms with Crippen LogP contribution in [0.15, 0.2) is 164 Å². The van der Waals surface area contributed by atoms with Crippen LogP contribution >= 0.6 is 0 Å². The van der Waals surface area contributed by atoms with E-state index in [0.717, 1.165) is 6.42 Å².